The zero-order valence-electron chi connectivity index (χ0n) is 15.9. The first-order valence-corrected chi connectivity index (χ1v) is 10.8. The summed E-state index contributed by atoms with van der Waals surface area (Å²) in [5.41, 5.74) is 2.34. The fraction of sp³-hybridized carbons (Fsp3) is 0.381. The van der Waals surface area contributed by atoms with Crippen LogP contribution in [0.15, 0.2) is 53.4 Å². The second-order valence-corrected chi connectivity index (χ2v) is 8.92. The van der Waals surface area contributed by atoms with Crippen LogP contribution in [0.2, 0.25) is 0 Å². The molecule has 0 N–H and O–H groups in total. The van der Waals surface area contributed by atoms with Crippen LogP contribution >= 0.6 is 0 Å². The number of amides is 1. The summed E-state index contributed by atoms with van der Waals surface area (Å²) in [5, 5.41) is 0. The molecule has 0 aliphatic carbocycles. The van der Waals surface area contributed by atoms with E-state index in [1.807, 2.05) is 32.0 Å². The molecule has 1 saturated heterocycles. The Kier molecular flexibility index (Phi) is 5.85. The minimum absolute atomic E-state index is 0.143. The van der Waals surface area contributed by atoms with Gasteiger partial charge in [0.05, 0.1) is 10.6 Å². The molecule has 3 rings (SSSR count). The zero-order chi connectivity index (χ0) is 19.4. The average Bonchev–Trinajstić information content (AvgIpc) is 2.69. The topological polar surface area (TPSA) is 57.7 Å². The van der Waals surface area contributed by atoms with Crippen molar-refractivity contribution in [2.45, 2.75) is 38.0 Å². The van der Waals surface area contributed by atoms with E-state index in [1.54, 1.807) is 35.2 Å². The highest BCUT2D eigenvalue weighted by Gasteiger charge is 2.30. The molecule has 1 aliphatic rings. The van der Waals surface area contributed by atoms with Gasteiger partial charge in [-0.15, -0.1) is 0 Å². The van der Waals surface area contributed by atoms with Crippen LogP contribution in [-0.2, 0) is 14.8 Å². The number of carbonyl (C=O) groups excluding carboxylic acids is 1. The molecule has 0 radical (unpaired) electrons. The summed E-state index contributed by atoms with van der Waals surface area (Å²) in [6, 6.07) is 14.0. The molecular weight excluding hydrogens is 360 g/mol. The number of hydrogen-bond donors (Lipinski definition) is 0. The van der Waals surface area contributed by atoms with Crippen molar-refractivity contribution in [2.24, 2.45) is 0 Å². The lowest BCUT2D eigenvalue weighted by atomic mass is 10.1. The summed E-state index contributed by atoms with van der Waals surface area (Å²) in [4.78, 5) is 14.8. The maximum atomic E-state index is 13.4. The maximum absolute atomic E-state index is 13.4. The van der Waals surface area contributed by atoms with E-state index in [4.69, 9.17) is 0 Å². The fourth-order valence-corrected chi connectivity index (χ4v) is 4.87. The number of hydrogen-bond acceptors (Lipinski definition) is 3. The molecule has 1 heterocycles. The van der Waals surface area contributed by atoms with Crippen LogP contribution in [0.3, 0.4) is 0 Å². The molecule has 5 nitrogen and oxygen atoms in total. The number of carbonyl (C=O) groups is 1. The van der Waals surface area contributed by atoms with Crippen LogP contribution in [0.1, 0.15) is 30.4 Å². The molecule has 0 spiro atoms. The van der Waals surface area contributed by atoms with E-state index in [1.165, 1.54) is 4.31 Å². The van der Waals surface area contributed by atoms with Gasteiger partial charge in [-0.1, -0.05) is 30.3 Å². The monoisotopic (exact) mass is 386 g/mol. The number of aryl methyl sites for hydroxylation is 2. The lowest BCUT2D eigenvalue weighted by Gasteiger charge is -2.31. The summed E-state index contributed by atoms with van der Waals surface area (Å²) in [7, 11) is -3.84. The molecule has 1 fully saturated rings. The van der Waals surface area contributed by atoms with Crippen LogP contribution in [0.25, 0.3) is 0 Å². The number of likely N-dealkylation sites (tertiary alicyclic amines) is 1. The van der Waals surface area contributed by atoms with E-state index in [0.717, 1.165) is 30.4 Å². The van der Waals surface area contributed by atoms with Gasteiger partial charge < -0.3 is 4.90 Å². The average molecular weight is 387 g/mol. The smallest absolute Gasteiger partial charge is 0.264 e. The van der Waals surface area contributed by atoms with Crippen molar-refractivity contribution in [3.05, 3.63) is 59.7 Å². The molecule has 2 aromatic carbocycles. The van der Waals surface area contributed by atoms with Gasteiger partial charge in [0.25, 0.3) is 10.0 Å². The number of sulfonamides is 1. The quantitative estimate of drug-likeness (QED) is 0.790. The van der Waals surface area contributed by atoms with Crippen molar-refractivity contribution in [3.63, 3.8) is 0 Å². The number of nitrogens with zero attached hydrogens (tertiary/aromatic N) is 2. The van der Waals surface area contributed by atoms with Gasteiger partial charge in [-0.3, -0.25) is 9.10 Å². The third kappa shape index (κ3) is 4.33. The molecule has 6 heteroatoms. The molecule has 0 bridgehead atoms. The van der Waals surface area contributed by atoms with Crippen LogP contribution in [0.5, 0.6) is 0 Å². The van der Waals surface area contributed by atoms with Crippen molar-refractivity contribution in [2.75, 3.05) is 23.9 Å². The normalized spacial score (nSPS) is 14.8. The van der Waals surface area contributed by atoms with E-state index in [9.17, 15) is 13.2 Å². The highest BCUT2D eigenvalue weighted by atomic mass is 32.2. The minimum Gasteiger partial charge on any atom is -0.341 e. The largest absolute Gasteiger partial charge is 0.341 e. The van der Waals surface area contributed by atoms with E-state index in [0.29, 0.717) is 18.8 Å². The predicted molar refractivity (Wildman–Crippen MR) is 107 cm³/mol. The minimum atomic E-state index is -3.84. The van der Waals surface area contributed by atoms with E-state index in [2.05, 4.69) is 0 Å². The highest BCUT2D eigenvalue weighted by molar-refractivity contribution is 7.92. The number of benzene rings is 2. The number of rotatable bonds is 5. The van der Waals surface area contributed by atoms with Gasteiger partial charge in [-0.2, -0.15) is 0 Å². The summed E-state index contributed by atoms with van der Waals surface area (Å²) < 4.78 is 28.0. The Labute approximate surface area is 161 Å². The summed E-state index contributed by atoms with van der Waals surface area (Å²) in [6.07, 6.45) is 3.06. The summed E-state index contributed by atoms with van der Waals surface area (Å²) in [5.74, 6) is -0.143. The SMILES string of the molecule is Cc1ccc(C)c(N(CC(=O)N2CCCCC2)S(=O)(=O)c2ccccc2)c1. The van der Waals surface area contributed by atoms with Gasteiger partial charge in [0.1, 0.15) is 6.54 Å². The molecule has 0 atom stereocenters. The Hall–Kier alpha value is -2.34. The van der Waals surface area contributed by atoms with Crippen molar-refractivity contribution in [1.29, 1.82) is 0 Å². The molecule has 144 valence electrons. The van der Waals surface area contributed by atoms with Crippen LogP contribution < -0.4 is 4.31 Å². The maximum Gasteiger partial charge on any atom is 0.264 e. The van der Waals surface area contributed by atoms with Crippen LogP contribution in [0, 0.1) is 13.8 Å². The van der Waals surface area contributed by atoms with E-state index >= 15 is 0 Å². The second kappa shape index (κ2) is 8.13. The number of anilines is 1. The molecule has 27 heavy (non-hydrogen) atoms. The molecule has 0 unspecified atom stereocenters. The lowest BCUT2D eigenvalue weighted by molar-refractivity contribution is -0.130. The Morgan fingerprint density at radius 1 is 1.00 bits per heavy atom. The first-order valence-electron chi connectivity index (χ1n) is 9.32. The molecule has 2 aromatic rings. The molecular formula is C21H26N2O3S. The van der Waals surface area contributed by atoms with Crippen molar-refractivity contribution in [1.82, 2.24) is 4.90 Å². The Morgan fingerprint density at radius 3 is 2.33 bits per heavy atom. The van der Waals surface area contributed by atoms with Crippen molar-refractivity contribution >= 4 is 21.6 Å². The van der Waals surface area contributed by atoms with Gasteiger partial charge in [0.2, 0.25) is 5.91 Å². The summed E-state index contributed by atoms with van der Waals surface area (Å²) >= 11 is 0. The number of piperidine rings is 1. The van der Waals surface area contributed by atoms with Gasteiger partial charge in [-0.05, 0) is 62.4 Å². The van der Waals surface area contributed by atoms with Gasteiger partial charge in [-0.25, -0.2) is 8.42 Å². The Morgan fingerprint density at radius 2 is 1.67 bits per heavy atom. The second-order valence-electron chi connectivity index (χ2n) is 7.06. The predicted octanol–water partition coefficient (Wildman–Crippen LogP) is 3.51. The van der Waals surface area contributed by atoms with Crippen LogP contribution in [-0.4, -0.2) is 38.9 Å². The molecule has 1 amide bonds. The standard InChI is InChI=1S/C21H26N2O3S/c1-17-11-12-18(2)20(15-17)23(16-21(24)22-13-7-4-8-14-22)27(25,26)19-9-5-3-6-10-19/h3,5-6,9-12,15H,4,7-8,13-14,16H2,1-2H3. The van der Waals surface area contributed by atoms with Gasteiger partial charge >= 0.3 is 0 Å². The third-order valence-electron chi connectivity index (χ3n) is 4.95. The molecule has 0 saturated carbocycles. The first kappa shape index (κ1) is 19.4. The lowest BCUT2D eigenvalue weighted by Crippen LogP contribution is -2.45. The van der Waals surface area contributed by atoms with E-state index in [-0.39, 0.29) is 17.3 Å². The van der Waals surface area contributed by atoms with Gasteiger partial charge in [0.15, 0.2) is 0 Å². The van der Waals surface area contributed by atoms with Gasteiger partial charge in [0, 0.05) is 13.1 Å². The zero-order valence-corrected chi connectivity index (χ0v) is 16.7. The van der Waals surface area contributed by atoms with Crippen molar-refractivity contribution < 1.29 is 13.2 Å². The Balaban J connectivity index is 2.01. The van der Waals surface area contributed by atoms with Crippen LogP contribution in [0.4, 0.5) is 5.69 Å². The highest BCUT2D eigenvalue weighted by Crippen LogP contribution is 2.28. The molecule has 0 aromatic heterocycles. The first-order chi connectivity index (χ1) is 12.9. The fourth-order valence-electron chi connectivity index (χ4n) is 3.37. The summed E-state index contributed by atoms with van der Waals surface area (Å²) in [6.45, 7) is 5.01. The van der Waals surface area contributed by atoms with E-state index < -0.39 is 10.0 Å². The third-order valence-corrected chi connectivity index (χ3v) is 6.73. The molecule has 1 aliphatic heterocycles. The van der Waals surface area contributed by atoms with Crippen molar-refractivity contribution in [3.8, 4) is 0 Å². The Bertz CT molecular complexity index is 904.